The first-order valence-electron chi connectivity index (χ1n) is 4.29. The lowest BCUT2D eigenvalue weighted by Crippen LogP contribution is -1.81. The molecule has 0 atom stereocenters. The summed E-state index contributed by atoms with van der Waals surface area (Å²) in [7, 11) is 0. The van der Waals surface area contributed by atoms with Crippen LogP contribution in [0.1, 0.15) is 19.4 Å². The van der Waals surface area contributed by atoms with Gasteiger partial charge in [0.15, 0.2) is 0 Å². The van der Waals surface area contributed by atoms with Crippen molar-refractivity contribution in [3.8, 4) is 0 Å². The zero-order valence-electron chi connectivity index (χ0n) is 8.09. The number of benzene rings is 1. The minimum Gasteiger partial charge on any atom is -0.261 e. The van der Waals surface area contributed by atoms with E-state index in [1.807, 2.05) is 32.1 Å². The summed E-state index contributed by atoms with van der Waals surface area (Å²) in [5.74, 6) is 0. The molecule has 1 nitrogen and oxygen atoms in total. The monoisotopic (exact) mass is 227 g/mol. The van der Waals surface area contributed by atoms with Crippen molar-refractivity contribution in [2.45, 2.75) is 13.8 Å². The number of nitrogens with zero attached hydrogens (tertiary/aromatic N) is 1. The molecular weight excluding hydrogens is 217 g/mol. The summed E-state index contributed by atoms with van der Waals surface area (Å²) in [6, 6.07) is 5.48. The fraction of sp³-hybridized carbons (Fsp3) is 0.182. The lowest BCUT2D eigenvalue weighted by Gasteiger charge is -2.02. The summed E-state index contributed by atoms with van der Waals surface area (Å²) >= 11 is 11.7. The van der Waals surface area contributed by atoms with Crippen LogP contribution in [0, 0.1) is 0 Å². The van der Waals surface area contributed by atoms with Crippen LogP contribution in [-0.4, -0.2) is 6.21 Å². The number of allylic oxidation sites excluding steroid dienone is 1. The Hall–Kier alpha value is -0.790. The molecule has 0 unspecified atom stereocenters. The molecule has 0 fully saturated rings. The van der Waals surface area contributed by atoms with E-state index in [2.05, 4.69) is 4.99 Å². The highest BCUT2D eigenvalue weighted by atomic mass is 35.5. The van der Waals surface area contributed by atoms with Crippen LogP contribution in [0.5, 0.6) is 0 Å². The van der Waals surface area contributed by atoms with E-state index in [4.69, 9.17) is 23.2 Å². The first-order chi connectivity index (χ1) is 6.69. The highest BCUT2D eigenvalue weighted by Crippen LogP contribution is 2.26. The number of aliphatic imine (C=N–C) groups is 1. The van der Waals surface area contributed by atoms with E-state index in [1.54, 1.807) is 12.3 Å². The Bertz CT molecular complexity index is 381. The zero-order chi connectivity index (χ0) is 10.6. The Balaban J connectivity index is 3.13. The fourth-order valence-electron chi connectivity index (χ4n) is 1.11. The van der Waals surface area contributed by atoms with Crippen molar-refractivity contribution >= 4 is 35.1 Å². The van der Waals surface area contributed by atoms with Gasteiger partial charge in [0, 0.05) is 11.8 Å². The Morgan fingerprint density at radius 2 is 1.93 bits per heavy atom. The van der Waals surface area contributed by atoms with E-state index in [0.717, 1.165) is 11.3 Å². The van der Waals surface area contributed by atoms with Crippen LogP contribution < -0.4 is 0 Å². The maximum atomic E-state index is 5.90. The average Bonchev–Trinajstić information content (AvgIpc) is 2.19. The molecule has 0 saturated heterocycles. The molecule has 3 heteroatoms. The van der Waals surface area contributed by atoms with E-state index >= 15 is 0 Å². The molecule has 74 valence electrons. The summed E-state index contributed by atoms with van der Waals surface area (Å²) in [6.45, 7) is 3.81. The van der Waals surface area contributed by atoms with Crippen molar-refractivity contribution < 1.29 is 0 Å². The third kappa shape index (κ3) is 2.60. The molecule has 1 rings (SSSR count). The second kappa shape index (κ2) is 5.18. The molecule has 0 saturated carbocycles. The summed E-state index contributed by atoms with van der Waals surface area (Å²) < 4.78 is 0. The van der Waals surface area contributed by atoms with Crippen molar-refractivity contribution in [1.82, 2.24) is 0 Å². The van der Waals surface area contributed by atoms with Crippen molar-refractivity contribution in [3.05, 3.63) is 39.9 Å². The number of halogens is 2. The molecule has 0 bridgehead atoms. The van der Waals surface area contributed by atoms with Crippen LogP contribution in [0.4, 0.5) is 0 Å². The normalized spacial score (nSPS) is 12.4. The van der Waals surface area contributed by atoms with Gasteiger partial charge in [-0.3, -0.25) is 4.99 Å². The van der Waals surface area contributed by atoms with Crippen LogP contribution in [0.15, 0.2) is 29.3 Å². The van der Waals surface area contributed by atoms with Crippen LogP contribution in [0.3, 0.4) is 0 Å². The van der Waals surface area contributed by atoms with Gasteiger partial charge in [-0.1, -0.05) is 35.3 Å². The van der Waals surface area contributed by atoms with Crippen molar-refractivity contribution in [3.63, 3.8) is 0 Å². The van der Waals surface area contributed by atoms with E-state index < -0.39 is 0 Å². The molecule has 0 heterocycles. The van der Waals surface area contributed by atoms with Gasteiger partial charge in [-0.05, 0) is 26.0 Å². The van der Waals surface area contributed by atoms with Gasteiger partial charge in [-0.15, -0.1) is 0 Å². The third-order valence-corrected chi connectivity index (χ3v) is 2.50. The molecule has 0 N–H and O–H groups in total. The van der Waals surface area contributed by atoms with Gasteiger partial charge in [0.25, 0.3) is 0 Å². The van der Waals surface area contributed by atoms with E-state index in [-0.39, 0.29) is 0 Å². The van der Waals surface area contributed by atoms with Gasteiger partial charge < -0.3 is 0 Å². The maximum Gasteiger partial charge on any atom is 0.0655 e. The summed E-state index contributed by atoms with van der Waals surface area (Å²) in [5.41, 5.74) is 1.87. The number of hydrogen-bond acceptors (Lipinski definition) is 1. The van der Waals surface area contributed by atoms with Gasteiger partial charge in [0.05, 0.1) is 15.7 Å². The first-order valence-corrected chi connectivity index (χ1v) is 5.05. The van der Waals surface area contributed by atoms with Crippen molar-refractivity contribution in [2.75, 3.05) is 0 Å². The first kappa shape index (κ1) is 11.3. The van der Waals surface area contributed by atoms with Crippen LogP contribution in [-0.2, 0) is 0 Å². The summed E-state index contributed by atoms with van der Waals surface area (Å²) in [5, 5.41) is 1.11. The summed E-state index contributed by atoms with van der Waals surface area (Å²) in [4.78, 5) is 4.22. The van der Waals surface area contributed by atoms with Crippen LogP contribution >= 0.6 is 23.2 Å². The lowest BCUT2D eigenvalue weighted by molar-refractivity contribution is 1.48. The molecule has 0 radical (unpaired) electrons. The predicted molar refractivity (Wildman–Crippen MR) is 64.3 cm³/mol. The minimum atomic E-state index is 0.551. The van der Waals surface area contributed by atoms with Gasteiger partial charge in [-0.2, -0.15) is 0 Å². The predicted octanol–water partition coefficient (Wildman–Crippen LogP) is 4.44. The lowest BCUT2D eigenvalue weighted by atomic mass is 10.1. The van der Waals surface area contributed by atoms with Gasteiger partial charge in [0.1, 0.15) is 0 Å². The largest absolute Gasteiger partial charge is 0.261 e. The topological polar surface area (TPSA) is 12.4 Å². The molecule has 0 aliphatic heterocycles. The Kier molecular flexibility index (Phi) is 4.18. The smallest absolute Gasteiger partial charge is 0.0655 e. The maximum absolute atomic E-state index is 5.90. The Morgan fingerprint density at radius 1 is 1.21 bits per heavy atom. The quantitative estimate of drug-likeness (QED) is 0.663. The highest BCUT2D eigenvalue weighted by molar-refractivity contribution is 6.42. The molecule has 0 spiro atoms. The van der Waals surface area contributed by atoms with Crippen LogP contribution in [0.2, 0.25) is 10.0 Å². The van der Waals surface area contributed by atoms with Crippen molar-refractivity contribution in [1.29, 1.82) is 0 Å². The zero-order valence-corrected chi connectivity index (χ0v) is 9.60. The highest BCUT2D eigenvalue weighted by Gasteiger charge is 2.02. The molecule has 0 aliphatic carbocycles. The third-order valence-electron chi connectivity index (χ3n) is 1.76. The molecule has 0 amide bonds. The van der Waals surface area contributed by atoms with E-state index in [9.17, 15) is 0 Å². The second-order valence-electron chi connectivity index (χ2n) is 2.69. The van der Waals surface area contributed by atoms with E-state index in [0.29, 0.717) is 10.0 Å². The van der Waals surface area contributed by atoms with Crippen molar-refractivity contribution in [2.24, 2.45) is 4.99 Å². The number of hydrogen-bond donors (Lipinski definition) is 0. The van der Waals surface area contributed by atoms with Gasteiger partial charge in [0.2, 0.25) is 0 Å². The fourth-order valence-corrected chi connectivity index (χ4v) is 1.41. The molecule has 1 aromatic rings. The van der Waals surface area contributed by atoms with Crippen LogP contribution in [0.25, 0.3) is 5.70 Å². The standard InChI is InChI=1S/C11H11Cl2N/c1-3-11(14-4-2)8-5-6-9(12)10(13)7-8/h3-7H,1-2H3. The Morgan fingerprint density at radius 3 is 2.43 bits per heavy atom. The molecular formula is C11H11Cl2N. The molecule has 14 heavy (non-hydrogen) atoms. The van der Waals surface area contributed by atoms with Gasteiger partial charge in [-0.25, -0.2) is 0 Å². The molecule has 0 aromatic heterocycles. The average molecular weight is 228 g/mol. The Labute approximate surface area is 94.1 Å². The number of rotatable bonds is 2. The van der Waals surface area contributed by atoms with Gasteiger partial charge >= 0.3 is 0 Å². The van der Waals surface area contributed by atoms with E-state index in [1.165, 1.54) is 0 Å². The SMILES string of the molecule is CC=NC(=CC)c1ccc(Cl)c(Cl)c1. The second-order valence-corrected chi connectivity index (χ2v) is 3.50. The summed E-state index contributed by atoms with van der Waals surface area (Å²) in [6.07, 6.45) is 3.68. The molecule has 0 aliphatic rings. The minimum absolute atomic E-state index is 0.551. The molecule has 1 aromatic carbocycles.